The summed E-state index contributed by atoms with van der Waals surface area (Å²) < 4.78 is 0. The number of hydrogen-bond donors (Lipinski definition) is 2. The Bertz CT molecular complexity index is 492. The molecule has 112 valence electrons. The first kappa shape index (κ1) is 15.2. The summed E-state index contributed by atoms with van der Waals surface area (Å²) in [5.41, 5.74) is 3.12. The van der Waals surface area contributed by atoms with Crippen LogP contribution in [0.2, 0.25) is 0 Å². The number of nitrogens with zero attached hydrogens (tertiary/aromatic N) is 1. The van der Waals surface area contributed by atoms with Crippen molar-refractivity contribution in [1.29, 1.82) is 0 Å². The maximum absolute atomic E-state index is 11.8. The van der Waals surface area contributed by atoms with Crippen LogP contribution in [0, 0.1) is 0 Å². The highest BCUT2D eigenvalue weighted by Crippen LogP contribution is 2.16. The molecular formula is C16H21N3O2. The molecule has 0 aromatic heterocycles. The SMILES string of the molecule is O=C(NN=Cc1ccccc1)C(=O)NC1CCCCCC1. The van der Waals surface area contributed by atoms with Crippen LogP contribution in [-0.4, -0.2) is 24.1 Å². The van der Waals surface area contributed by atoms with E-state index in [1.54, 1.807) is 0 Å². The van der Waals surface area contributed by atoms with Crippen molar-refractivity contribution in [2.24, 2.45) is 5.10 Å². The van der Waals surface area contributed by atoms with E-state index in [0.29, 0.717) is 0 Å². The van der Waals surface area contributed by atoms with E-state index in [1.165, 1.54) is 19.1 Å². The predicted molar refractivity (Wildman–Crippen MR) is 81.8 cm³/mol. The number of amides is 2. The van der Waals surface area contributed by atoms with Gasteiger partial charge in [0.2, 0.25) is 0 Å². The van der Waals surface area contributed by atoms with E-state index in [4.69, 9.17) is 0 Å². The second kappa shape index (κ2) is 8.19. The van der Waals surface area contributed by atoms with Crippen molar-refractivity contribution >= 4 is 18.0 Å². The van der Waals surface area contributed by atoms with Gasteiger partial charge in [-0.05, 0) is 18.4 Å². The van der Waals surface area contributed by atoms with E-state index >= 15 is 0 Å². The molecule has 2 amide bonds. The van der Waals surface area contributed by atoms with Crippen molar-refractivity contribution in [3.05, 3.63) is 35.9 Å². The van der Waals surface area contributed by atoms with E-state index in [9.17, 15) is 9.59 Å². The van der Waals surface area contributed by atoms with Crippen molar-refractivity contribution in [3.8, 4) is 0 Å². The Labute approximate surface area is 124 Å². The molecule has 1 aliphatic carbocycles. The van der Waals surface area contributed by atoms with Crippen molar-refractivity contribution in [2.75, 3.05) is 0 Å². The average Bonchev–Trinajstić information content (AvgIpc) is 2.77. The first-order valence-electron chi connectivity index (χ1n) is 7.44. The molecule has 0 radical (unpaired) electrons. The minimum Gasteiger partial charge on any atom is -0.345 e. The Balaban J connectivity index is 1.77. The molecule has 0 heterocycles. The zero-order valence-corrected chi connectivity index (χ0v) is 12.0. The van der Waals surface area contributed by atoms with E-state index in [2.05, 4.69) is 15.8 Å². The highest BCUT2D eigenvalue weighted by atomic mass is 16.2. The molecule has 1 fully saturated rings. The Morgan fingerprint density at radius 2 is 1.67 bits per heavy atom. The molecule has 0 spiro atoms. The lowest BCUT2D eigenvalue weighted by Crippen LogP contribution is -2.43. The molecule has 1 saturated carbocycles. The zero-order valence-electron chi connectivity index (χ0n) is 12.0. The van der Waals surface area contributed by atoms with Crippen LogP contribution in [0.4, 0.5) is 0 Å². The van der Waals surface area contributed by atoms with Crippen LogP contribution in [0.25, 0.3) is 0 Å². The van der Waals surface area contributed by atoms with Gasteiger partial charge < -0.3 is 5.32 Å². The van der Waals surface area contributed by atoms with E-state index < -0.39 is 11.8 Å². The lowest BCUT2D eigenvalue weighted by Gasteiger charge is -2.14. The van der Waals surface area contributed by atoms with E-state index in [0.717, 1.165) is 31.2 Å². The van der Waals surface area contributed by atoms with Crippen molar-refractivity contribution < 1.29 is 9.59 Å². The van der Waals surface area contributed by atoms with E-state index in [1.807, 2.05) is 30.3 Å². The third-order valence-electron chi connectivity index (χ3n) is 3.58. The van der Waals surface area contributed by atoms with Gasteiger partial charge in [0.05, 0.1) is 6.21 Å². The summed E-state index contributed by atoms with van der Waals surface area (Å²) in [6.07, 6.45) is 8.05. The van der Waals surface area contributed by atoms with Crippen LogP contribution in [0.1, 0.15) is 44.1 Å². The van der Waals surface area contributed by atoms with Crippen LogP contribution in [-0.2, 0) is 9.59 Å². The number of hydrogen-bond acceptors (Lipinski definition) is 3. The molecule has 1 aromatic carbocycles. The molecule has 0 aliphatic heterocycles. The number of benzene rings is 1. The largest absolute Gasteiger partial charge is 0.345 e. The molecule has 0 unspecified atom stereocenters. The Morgan fingerprint density at radius 1 is 1.00 bits per heavy atom. The van der Waals surface area contributed by atoms with Crippen molar-refractivity contribution in [2.45, 2.75) is 44.6 Å². The number of rotatable bonds is 3. The van der Waals surface area contributed by atoms with Crippen LogP contribution in [0.5, 0.6) is 0 Å². The number of hydrazone groups is 1. The first-order chi connectivity index (χ1) is 10.3. The lowest BCUT2D eigenvalue weighted by atomic mass is 10.1. The Morgan fingerprint density at radius 3 is 2.33 bits per heavy atom. The van der Waals surface area contributed by atoms with Gasteiger partial charge >= 0.3 is 11.8 Å². The van der Waals surface area contributed by atoms with Gasteiger partial charge in [0.25, 0.3) is 0 Å². The van der Waals surface area contributed by atoms with Gasteiger partial charge in [-0.3, -0.25) is 9.59 Å². The van der Waals surface area contributed by atoms with Gasteiger partial charge in [0, 0.05) is 6.04 Å². The minimum atomic E-state index is -0.716. The second-order valence-corrected chi connectivity index (χ2v) is 5.27. The molecule has 5 heteroatoms. The fourth-order valence-electron chi connectivity index (χ4n) is 2.43. The molecule has 1 aliphatic rings. The van der Waals surface area contributed by atoms with Gasteiger partial charge in [-0.2, -0.15) is 5.10 Å². The Kier molecular flexibility index (Phi) is 5.94. The maximum Gasteiger partial charge on any atom is 0.329 e. The molecule has 21 heavy (non-hydrogen) atoms. The fraction of sp³-hybridized carbons (Fsp3) is 0.438. The normalized spacial score (nSPS) is 16.4. The average molecular weight is 287 g/mol. The quantitative estimate of drug-likeness (QED) is 0.386. The van der Waals surface area contributed by atoms with E-state index in [-0.39, 0.29) is 6.04 Å². The molecule has 5 nitrogen and oxygen atoms in total. The van der Waals surface area contributed by atoms with Gasteiger partial charge in [0.1, 0.15) is 0 Å². The molecule has 0 atom stereocenters. The zero-order chi connectivity index (χ0) is 14.9. The molecular weight excluding hydrogens is 266 g/mol. The predicted octanol–water partition coefficient (Wildman–Crippen LogP) is 1.98. The van der Waals surface area contributed by atoms with Crippen molar-refractivity contribution in [1.82, 2.24) is 10.7 Å². The summed E-state index contributed by atoms with van der Waals surface area (Å²) in [6.45, 7) is 0. The summed E-state index contributed by atoms with van der Waals surface area (Å²) in [5.74, 6) is -1.32. The van der Waals surface area contributed by atoms with Gasteiger partial charge in [-0.15, -0.1) is 0 Å². The van der Waals surface area contributed by atoms with Crippen LogP contribution >= 0.6 is 0 Å². The third-order valence-corrected chi connectivity index (χ3v) is 3.58. The maximum atomic E-state index is 11.8. The topological polar surface area (TPSA) is 70.6 Å². The molecule has 2 N–H and O–H groups in total. The second-order valence-electron chi connectivity index (χ2n) is 5.27. The summed E-state index contributed by atoms with van der Waals surface area (Å²) >= 11 is 0. The monoisotopic (exact) mass is 287 g/mol. The summed E-state index contributed by atoms with van der Waals surface area (Å²) in [4.78, 5) is 23.4. The lowest BCUT2D eigenvalue weighted by molar-refractivity contribution is -0.139. The molecule has 0 saturated heterocycles. The number of carbonyl (C=O) groups is 2. The van der Waals surface area contributed by atoms with Crippen LogP contribution < -0.4 is 10.7 Å². The number of nitrogens with one attached hydrogen (secondary N) is 2. The Hall–Kier alpha value is -2.17. The summed E-state index contributed by atoms with van der Waals surface area (Å²) in [6, 6.07) is 9.49. The summed E-state index contributed by atoms with van der Waals surface area (Å²) in [5, 5.41) is 6.57. The van der Waals surface area contributed by atoms with Gasteiger partial charge in [0.15, 0.2) is 0 Å². The van der Waals surface area contributed by atoms with Gasteiger partial charge in [-0.25, -0.2) is 5.43 Å². The third kappa shape index (κ3) is 5.38. The molecule has 1 aromatic rings. The van der Waals surface area contributed by atoms with Crippen LogP contribution in [0.15, 0.2) is 35.4 Å². The molecule has 2 rings (SSSR count). The van der Waals surface area contributed by atoms with Crippen LogP contribution in [0.3, 0.4) is 0 Å². The summed E-state index contributed by atoms with van der Waals surface area (Å²) in [7, 11) is 0. The van der Waals surface area contributed by atoms with Gasteiger partial charge in [-0.1, -0.05) is 56.0 Å². The highest BCUT2D eigenvalue weighted by molar-refractivity contribution is 6.35. The smallest absolute Gasteiger partial charge is 0.329 e. The minimum absolute atomic E-state index is 0.115. The highest BCUT2D eigenvalue weighted by Gasteiger charge is 2.19. The van der Waals surface area contributed by atoms with Crippen molar-refractivity contribution in [3.63, 3.8) is 0 Å². The fourth-order valence-corrected chi connectivity index (χ4v) is 2.43. The first-order valence-corrected chi connectivity index (χ1v) is 7.44. The number of carbonyl (C=O) groups excluding carboxylic acids is 2. The molecule has 0 bridgehead atoms. The standard InChI is InChI=1S/C16H21N3O2/c20-15(18-14-10-6-1-2-7-11-14)16(21)19-17-12-13-8-4-3-5-9-13/h3-5,8-9,12,14H,1-2,6-7,10-11H2,(H,18,20)(H,19,21).